The number of benzene rings is 3. The molecule has 3 fully saturated rings. The molecule has 6 aromatic rings. The van der Waals surface area contributed by atoms with Crippen molar-refractivity contribution in [2.75, 3.05) is 57.3 Å². The fraction of sp³-hybridized carbons (Fsp3) is 0.597. The van der Waals surface area contributed by atoms with E-state index in [2.05, 4.69) is 139 Å². The first-order valence-electron chi connectivity index (χ1n) is 32.5. The van der Waals surface area contributed by atoms with Crippen LogP contribution in [0.3, 0.4) is 0 Å². The summed E-state index contributed by atoms with van der Waals surface area (Å²) in [6.45, 7) is 28.6. The lowest BCUT2D eigenvalue weighted by atomic mass is 9.79. The summed E-state index contributed by atoms with van der Waals surface area (Å²) in [5, 5.41) is 55.2. The van der Waals surface area contributed by atoms with E-state index in [9.17, 15) is 15.2 Å². The van der Waals surface area contributed by atoms with Gasteiger partial charge in [0, 0.05) is 145 Å². The number of anilines is 1. The Morgan fingerprint density at radius 1 is 0.659 bits per heavy atom. The van der Waals surface area contributed by atoms with Gasteiger partial charge in [0.2, 0.25) is 11.3 Å². The van der Waals surface area contributed by atoms with Gasteiger partial charge in [0.25, 0.3) is 5.91 Å². The molecule has 0 bridgehead atoms. The quantitative estimate of drug-likeness (QED) is 0.0962. The molecule has 21 nitrogen and oxygen atoms in total. The molecule has 88 heavy (non-hydrogen) atoms. The number of hydrogen-bond acceptors (Lipinski definition) is 15. The van der Waals surface area contributed by atoms with Crippen LogP contribution in [0.15, 0.2) is 55.0 Å². The van der Waals surface area contributed by atoms with Crippen molar-refractivity contribution in [3.05, 3.63) is 122 Å². The highest BCUT2D eigenvalue weighted by molar-refractivity contribution is 6.02. The van der Waals surface area contributed by atoms with Crippen LogP contribution in [0.4, 0.5) is 5.69 Å². The maximum absolute atomic E-state index is 15.1. The average molecular weight is 1200 g/mol. The van der Waals surface area contributed by atoms with Crippen LogP contribution in [0.25, 0.3) is 5.57 Å². The highest BCUT2D eigenvalue weighted by atomic mass is 16.5. The number of nitrogens with zero attached hydrogens (tertiary/aromatic N) is 16. The number of carbonyl (C=O) groups is 2. The summed E-state index contributed by atoms with van der Waals surface area (Å²) in [5.41, 5.74) is 10.8. The zero-order valence-electron chi connectivity index (χ0n) is 53.6. The van der Waals surface area contributed by atoms with Crippen molar-refractivity contribution in [2.24, 2.45) is 0 Å². The van der Waals surface area contributed by atoms with Gasteiger partial charge in [-0.3, -0.25) is 19.2 Å². The number of ether oxygens (including phenoxy) is 1. The summed E-state index contributed by atoms with van der Waals surface area (Å²) in [5.74, 6) is 1.91. The molecule has 3 aromatic carbocycles. The number of hydroxylamine groups is 4. The molecular weight excluding hydrogens is 1110 g/mol. The molecule has 0 atom stereocenters. The molecule has 10 heterocycles. The molecule has 2 N–H and O–H groups in total. The van der Waals surface area contributed by atoms with Crippen molar-refractivity contribution in [1.82, 2.24) is 74.4 Å². The summed E-state index contributed by atoms with van der Waals surface area (Å²) in [4.78, 5) is 37.7. The number of piperidine rings is 2. The fourth-order valence-corrected chi connectivity index (χ4v) is 16.5. The van der Waals surface area contributed by atoms with Gasteiger partial charge >= 0.3 is 0 Å². The number of hydrogen-bond donors (Lipinski definition) is 2. The molecule has 0 radical (unpaired) electrons. The molecular formula is C67H91N16O5+. The lowest BCUT2D eigenvalue weighted by Crippen LogP contribution is -2.59. The minimum absolute atomic E-state index is 0.0123. The standard InChI is InChI=1S/C67H91N16O5/c1-11-23-76-25-15-20-53-59(76)44(2)32-55-58(56-33-45-17-14-24-77-26-16-21-54(60(45)77)62(56)88-61(53)55)51-18-12-13-19-52(51)63(85)78-30-28-75(29-31-78)57(84)22-27-79-41-46(68-71-79)38-74(39-47-42-80(72-69-47)49-34-64(3,4)82(86)65(5,6)35-49)40-48-43-81(73-70-48)50-36-66(7,8)83(87)67(9,10)37-50/h12-13,18-19,32-33,41-43,49-50,86-87H,11,14-17,20-31,34-40H2,1-10H3/q+1. The summed E-state index contributed by atoms with van der Waals surface area (Å²) >= 11 is 0. The summed E-state index contributed by atoms with van der Waals surface area (Å²) in [6.07, 6.45) is 16.4. The monoisotopic (exact) mass is 1200 g/mol. The highest BCUT2D eigenvalue weighted by Crippen LogP contribution is 2.48. The third-order valence-electron chi connectivity index (χ3n) is 20.2. The lowest BCUT2D eigenvalue weighted by Gasteiger charge is -2.51. The summed E-state index contributed by atoms with van der Waals surface area (Å²) in [6, 6.07) is 13.0. The number of carbonyl (C=O) groups excluding carboxylic acids is 2. The van der Waals surface area contributed by atoms with Crippen molar-refractivity contribution < 1.29 is 24.7 Å². The van der Waals surface area contributed by atoms with E-state index >= 15 is 4.79 Å². The van der Waals surface area contributed by atoms with Crippen molar-refractivity contribution in [3.63, 3.8) is 0 Å². The summed E-state index contributed by atoms with van der Waals surface area (Å²) in [7, 11) is 0. The van der Waals surface area contributed by atoms with E-state index in [1.165, 1.54) is 43.4 Å². The molecule has 2 amide bonds. The van der Waals surface area contributed by atoms with E-state index in [1.807, 2.05) is 49.9 Å². The van der Waals surface area contributed by atoms with E-state index in [1.54, 1.807) is 4.68 Å². The largest absolute Gasteiger partial charge is 0.455 e. The molecule has 3 aromatic heterocycles. The van der Waals surface area contributed by atoms with Crippen molar-refractivity contribution in [3.8, 4) is 11.5 Å². The molecule has 13 rings (SSSR count). The number of piperazine rings is 1. The van der Waals surface area contributed by atoms with Gasteiger partial charge in [-0.25, -0.2) is 13.9 Å². The molecule has 0 saturated carbocycles. The first-order chi connectivity index (χ1) is 42.1. The number of amides is 2. The number of fused-ring (bicyclic) bond motifs is 5. The van der Waals surface area contributed by atoms with E-state index in [-0.39, 0.29) is 30.3 Å². The Hall–Kier alpha value is -6.91. The molecule has 0 aliphatic carbocycles. The average Bonchev–Trinajstić information content (AvgIpc) is 0.793. The maximum Gasteiger partial charge on any atom is 0.254 e. The molecule has 468 valence electrons. The number of aromatic nitrogens is 9. The van der Waals surface area contributed by atoms with Crippen LogP contribution in [-0.4, -0.2) is 167 Å². The minimum Gasteiger partial charge on any atom is -0.455 e. The predicted molar refractivity (Wildman–Crippen MR) is 334 cm³/mol. The SMILES string of the molecule is CCCN1CCCc2c3c(cc(C)c21)C(c1ccccc1C(=O)N1CCN(C(=O)CCn2cc(CN(Cc4cn(C5CC(C)(C)N(O)C(C)(C)C5)nn4)Cc4cn(C5CC(C)(C)N(O)C(C)(C)C5)nn4)nn2)CC1)=c1cc2c4c(c1O3)CCC[N+]=4CCC2. The van der Waals surface area contributed by atoms with Gasteiger partial charge in [0.15, 0.2) is 0 Å². The Morgan fingerprint density at radius 3 is 1.85 bits per heavy atom. The zero-order chi connectivity index (χ0) is 61.6. The van der Waals surface area contributed by atoms with E-state index in [0.29, 0.717) is 83.6 Å². The molecule has 0 spiro atoms. The normalized spacial score (nSPS) is 20.9. The van der Waals surface area contributed by atoms with Crippen molar-refractivity contribution in [1.29, 1.82) is 0 Å². The van der Waals surface area contributed by atoms with Crippen LogP contribution in [0.2, 0.25) is 0 Å². The maximum atomic E-state index is 15.1. The van der Waals surface area contributed by atoms with Gasteiger partial charge in [0.1, 0.15) is 24.6 Å². The smallest absolute Gasteiger partial charge is 0.254 e. The number of rotatable bonds is 15. The second-order valence-electron chi connectivity index (χ2n) is 28.9. The molecule has 7 aliphatic rings. The van der Waals surface area contributed by atoms with Crippen molar-refractivity contribution >= 4 is 23.1 Å². The third kappa shape index (κ3) is 11.2. The second-order valence-corrected chi connectivity index (χ2v) is 28.9. The van der Waals surface area contributed by atoms with E-state index < -0.39 is 22.2 Å². The van der Waals surface area contributed by atoms with Crippen LogP contribution in [0.5, 0.6) is 11.5 Å². The van der Waals surface area contributed by atoms with Gasteiger partial charge in [-0.15, -0.1) is 15.3 Å². The van der Waals surface area contributed by atoms with E-state index in [0.717, 1.165) is 122 Å². The molecule has 7 aliphatic heterocycles. The Bertz CT molecular complexity index is 3670. The molecule has 3 saturated heterocycles. The minimum atomic E-state index is -0.447. The Labute approximate surface area is 517 Å². The fourth-order valence-electron chi connectivity index (χ4n) is 16.5. The Kier molecular flexibility index (Phi) is 15.8. The third-order valence-corrected chi connectivity index (χ3v) is 20.2. The topological polar surface area (TPSA) is 198 Å². The summed E-state index contributed by atoms with van der Waals surface area (Å²) < 4.78 is 15.6. The first kappa shape index (κ1) is 60.0. The van der Waals surface area contributed by atoms with Crippen molar-refractivity contribution in [2.45, 2.75) is 207 Å². The van der Waals surface area contributed by atoms with Gasteiger partial charge in [-0.05, 0) is 149 Å². The number of aryl methyl sites for hydroxylation is 3. The van der Waals surface area contributed by atoms with Crippen LogP contribution in [-0.2, 0) is 50.2 Å². The zero-order valence-corrected chi connectivity index (χ0v) is 53.6. The lowest BCUT2D eigenvalue weighted by molar-refractivity contribution is -0.249. The second kappa shape index (κ2) is 23.2. The van der Waals surface area contributed by atoms with Crippen LogP contribution in [0.1, 0.15) is 193 Å². The first-order valence-corrected chi connectivity index (χ1v) is 32.5. The van der Waals surface area contributed by atoms with Gasteiger partial charge < -0.3 is 29.9 Å². The molecule has 21 heteroatoms. The van der Waals surface area contributed by atoms with E-state index in [4.69, 9.17) is 4.74 Å². The van der Waals surface area contributed by atoms with Gasteiger partial charge in [-0.1, -0.05) is 40.8 Å². The van der Waals surface area contributed by atoms with Gasteiger partial charge in [0.05, 0.1) is 53.7 Å². The van der Waals surface area contributed by atoms with Crippen LogP contribution >= 0.6 is 0 Å². The Morgan fingerprint density at radius 2 is 1.23 bits per heavy atom. The molecule has 0 unspecified atom stereocenters. The van der Waals surface area contributed by atoms with Gasteiger partial charge in [-0.2, -0.15) is 10.1 Å². The predicted octanol–water partition coefficient (Wildman–Crippen LogP) is 7.41. The Balaban J connectivity index is 0.700. The van der Waals surface area contributed by atoms with Crippen LogP contribution in [0, 0.1) is 6.92 Å². The van der Waals surface area contributed by atoms with Crippen LogP contribution < -0.4 is 24.8 Å². The highest BCUT2D eigenvalue weighted by Gasteiger charge is 2.48.